The molecule has 0 aromatic carbocycles. The Morgan fingerprint density at radius 1 is 1.33 bits per heavy atom. The van der Waals surface area contributed by atoms with Crippen molar-refractivity contribution in [3.8, 4) is 0 Å². The molecule has 0 saturated heterocycles. The fourth-order valence-electron chi connectivity index (χ4n) is 1.10. The van der Waals surface area contributed by atoms with Crippen LogP contribution < -0.4 is 5.73 Å². The van der Waals surface area contributed by atoms with Gasteiger partial charge in [-0.3, -0.25) is 0 Å². The number of thioether (sulfide) groups is 1. The summed E-state index contributed by atoms with van der Waals surface area (Å²) in [5.41, 5.74) is 6.80. The molecule has 1 unspecified atom stereocenters. The third-order valence-corrected chi connectivity index (χ3v) is 3.86. The van der Waals surface area contributed by atoms with Crippen LogP contribution in [0.3, 0.4) is 0 Å². The minimum atomic E-state index is 0.606. The van der Waals surface area contributed by atoms with Crippen LogP contribution in [0, 0.1) is 19.8 Å². The average Bonchev–Trinajstić information content (AvgIpc) is 2.20. The zero-order valence-corrected chi connectivity index (χ0v) is 10.7. The lowest BCUT2D eigenvalue weighted by atomic mass is 10.2. The van der Waals surface area contributed by atoms with Crippen molar-refractivity contribution in [2.45, 2.75) is 39.1 Å². The topological polar surface area (TPSA) is 51.8 Å². The summed E-state index contributed by atoms with van der Waals surface area (Å²) < 4.78 is 0. The molecule has 0 aliphatic carbocycles. The van der Waals surface area contributed by atoms with Gasteiger partial charge in [0.25, 0.3) is 0 Å². The van der Waals surface area contributed by atoms with Crippen LogP contribution in [0.15, 0.2) is 5.03 Å². The van der Waals surface area contributed by atoms with E-state index >= 15 is 0 Å². The summed E-state index contributed by atoms with van der Waals surface area (Å²) in [7, 11) is 0. The Bertz CT molecular complexity index is 339. The van der Waals surface area contributed by atoms with Crippen LogP contribution in [0.2, 0.25) is 0 Å². The monoisotopic (exact) mass is 225 g/mol. The number of anilines is 1. The van der Waals surface area contributed by atoms with E-state index in [0.717, 1.165) is 22.2 Å². The molecule has 0 spiro atoms. The van der Waals surface area contributed by atoms with Gasteiger partial charge in [-0.05, 0) is 19.8 Å². The second-order valence-electron chi connectivity index (χ2n) is 3.91. The van der Waals surface area contributed by atoms with Gasteiger partial charge in [-0.15, -0.1) is 11.8 Å². The minimum absolute atomic E-state index is 0.606. The fourth-order valence-corrected chi connectivity index (χ4v) is 2.30. The highest BCUT2D eigenvalue weighted by Gasteiger charge is 2.08. The molecule has 0 amide bonds. The highest BCUT2D eigenvalue weighted by molar-refractivity contribution is 7.99. The number of hydrogen-bond acceptors (Lipinski definition) is 4. The number of aromatic nitrogens is 2. The molecule has 0 aliphatic rings. The Morgan fingerprint density at radius 2 is 2.00 bits per heavy atom. The summed E-state index contributed by atoms with van der Waals surface area (Å²) >= 11 is 1.78. The Kier molecular flexibility index (Phi) is 4.39. The maximum absolute atomic E-state index is 5.80. The molecule has 1 rings (SSSR count). The molecule has 1 heterocycles. The molecule has 0 bridgehead atoms. The molecule has 3 nitrogen and oxygen atoms in total. The van der Waals surface area contributed by atoms with Crippen LogP contribution in [0.1, 0.15) is 31.7 Å². The van der Waals surface area contributed by atoms with Gasteiger partial charge in [0.15, 0.2) is 0 Å². The van der Waals surface area contributed by atoms with Gasteiger partial charge >= 0.3 is 0 Å². The van der Waals surface area contributed by atoms with Gasteiger partial charge in [-0.2, -0.15) is 0 Å². The maximum atomic E-state index is 5.80. The molecule has 1 aromatic rings. The number of nitrogens with zero attached hydrogens (tertiary/aromatic N) is 2. The summed E-state index contributed by atoms with van der Waals surface area (Å²) in [5, 5.41) is 1.03. The van der Waals surface area contributed by atoms with Crippen LogP contribution in [0.4, 0.5) is 5.82 Å². The van der Waals surface area contributed by atoms with E-state index in [9.17, 15) is 0 Å². The number of nitrogen functional groups attached to an aromatic ring is 1. The maximum Gasteiger partial charge on any atom is 0.131 e. The molecule has 1 aromatic heterocycles. The Hall–Kier alpha value is -0.770. The molecule has 0 radical (unpaired) electrons. The molecule has 15 heavy (non-hydrogen) atoms. The van der Waals surface area contributed by atoms with Crippen LogP contribution in [0.25, 0.3) is 0 Å². The molecule has 0 fully saturated rings. The van der Waals surface area contributed by atoms with E-state index < -0.39 is 0 Å². The molecule has 0 aliphatic heterocycles. The lowest BCUT2D eigenvalue weighted by Crippen LogP contribution is -2.03. The van der Waals surface area contributed by atoms with Gasteiger partial charge < -0.3 is 5.73 Å². The van der Waals surface area contributed by atoms with Gasteiger partial charge in [0.05, 0.1) is 0 Å². The SMILES string of the molecule is CCC(C)CSc1nc(C)nc(N)c1C. The standard InChI is InChI=1S/C11H19N3S/c1-5-7(2)6-15-11-8(3)10(12)13-9(4)14-11/h7H,5-6H2,1-4H3,(H2,12,13,14). The first kappa shape index (κ1) is 12.3. The number of hydrogen-bond donors (Lipinski definition) is 1. The summed E-state index contributed by atoms with van der Waals surface area (Å²) in [5.74, 6) is 3.16. The molecule has 0 saturated carbocycles. The molecular weight excluding hydrogens is 206 g/mol. The van der Waals surface area contributed by atoms with Crippen LogP contribution in [-0.4, -0.2) is 15.7 Å². The summed E-state index contributed by atoms with van der Waals surface area (Å²) in [6.07, 6.45) is 1.20. The summed E-state index contributed by atoms with van der Waals surface area (Å²) in [6, 6.07) is 0. The van der Waals surface area contributed by atoms with Gasteiger partial charge in [0, 0.05) is 11.3 Å². The normalized spacial score (nSPS) is 12.8. The Labute approximate surface area is 95.9 Å². The summed E-state index contributed by atoms with van der Waals surface area (Å²) in [4.78, 5) is 8.55. The first-order valence-corrected chi connectivity index (χ1v) is 6.26. The van der Waals surface area contributed by atoms with Gasteiger partial charge in [0.1, 0.15) is 16.7 Å². The first-order chi connectivity index (χ1) is 7.04. The molecule has 84 valence electrons. The molecule has 4 heteroatoms. The van der Waals surface area contributed by atoms with Crippen molar-refractivity contribution in [1.82, 2.24) is 9.97 Å². The lowest BCUT2D eigenvalue weighted by molar-refractivity contribution is 0.636. The second-order valence-corrected chi connectivity index (χ2v) is 4.92. The van der Waals surface area contributed by atoms with Crippen molar-refractivity contribution >= 4 is 17.6 Å². The molecule has 1 atom stereocenters. The van der Waals surface area contributed by atoms with Gasteiger partial charge in [-0.25, -0.2) is 9.97 Å². The van der Waals surface area contributed by atoms with Crippen LogP contribution in [-0.2, 0) is 0 Å². The predicted molar refractivity (Wildman–Crippen MR) is 66.1 cm³/mol. The van der Waals surface area contributed by atoms with Crippen LogP contribution >= 0.6 is 11.8 Å². The molecule has 2 N–H and O–H groups in total. The summed E-state index contributed by atoms with van der Waals surface area (Å²) in [6.45, 7) is 8.31. The van der Waals surface area contributed by atoms with E-state index in [1.54, 1.807) is 11.8 Å². The average molecular weight is 225 g/mol. The van der Waals surface area contributed by atoms with Crippen molar-refractivity contribution in [2.24, 2.45) is 5.92 Å². The van der Waals surface area contributed by atoms with Crippen molar-refractivity contribution in [3.05, 3.63) is 11.4 Å². The highest BCUT2D eigenvalue weighted by atomic mass is 32.2. The predicted octanol–water partition coefficient (Wildman–Crippen LogP) is 2.81. The van der Waals surface area contributed by atoms with Gasteiger partial charge in [-0.1, -0.05) is 20.3 Å². The van der Waals surface area contributed by atoms with E-state index in [0.29, 0.717) is 11.7 Å². The molecular formula is C11H19N3S. The largest absolute Gasteiger partial charge is 0.383 e. The van der Waals surface area contributed by atoms with Crippen molar-refractivity contribution in [2.75, 3.05) is 11.5 Å². The smallest absolute Gasteiger partial charge is 0.131 e. The van der Waals surface area contributed by atoms with E-state index in [4.69, 9.17) is 5.73 Å². The first-order valence-electron chi connectivity index (χ1n) is 5.28. The van der Waals surface area contributed by atoms with E-state index in [-0.39, 0.29) is 0 Å². The zero-order chi connectivity index (χ0) is 11.4. The fraction of sp³-hybridized carbons (Fsp3) is 0.636. The number of nitrogens with two attached hydrogens (primary N) is 1. The van der Waals surface area contributed by atoms with E-state index in [1.807, 2.05) is 13.8 Å². The minimum Gasteiger partial charge on any atom is -0.383 e. The number of rotatable bonds is 4. The quantitative estimate of drug-likeness (QED) is 0.632. The van der Waals surface area contributed by atoms with E-state index in [1.165, 1.54) is 6.42 Å². The van der Waals surface area contributed by atoms with Crippen molar-refractivity contribution in [1.29, 1.82) is 0 Å². The second kappa shape index (κ2) is 5.35. The van der Waals surface area contributed by atoms with Crippen molar-refractivity contribution < 1.29 is 0 Å². The Balaban J connectivity index is 2.76. The number of aryl methyl sites for hydroxylation is 1. The Morgan fingerprint density at radius 3 is 2.60 bits per heavy atom. The third kappa shape index (κ3) is 3.38. The van der Waals surface area contributed by atoms with Crippen molar-refractivity contribution in [3.63, 3.8) is 0 Å². The zero-order valence-electron chi connectivity index (χ0n) is 9.87. The van der Waals surface area contributed by atoms with Gasteiger partial charge in [0.2, 0.25) is 0 Å². The van der Waals surface area contributed by atoms with E-state index in [2.05, 4.69) is 23.8 Å². The van der Waals surface area contributed by atoms with Crippen LogP contribution in [0.5, 0.6) is 0 Å². The lowest BCUT2D eigenvalue weighted by Gasteiger charge is -2.10. The highest BCUT2D eigenvalue weighted by Crippen LogP contribution is 2.25. The third-order valence-electron chi connectivity index (χ3n) is 2.45.